The molecule has 0 fully saturated rings. The molecule has 174 valence electrons. The van der Waals surface area contributed by atoms with Gasteiger partial charge in [0.15, 0.2) is 11.4 Å². The summed E-state index contributed by atoms with van der Waals surface area (Å²) in [5.74, 6) is 1.87. The Morgan fingerprint density at radius 1 is 1.18 bits per heavy atom. The standard InChI is InChI=1S/C24H22N4O6/c1-16-5-3-4-6-21(16)31-13-19-11-20(26-34-19)17-7-9-18(10-8-17)32-15-24(2)14-27-12-22(28(29)30)25-23(27)33-24/h3-12H,13-15H2,1-2H3/t24-/m1/s1. The zero-order chi connectivity index (χ0) is 23.7. The highest BCUT2D eigenvalue weighted by Gasteiger charge is 2.41. The number of para-hydroxylation sites is 1. The van der Waals surface area contributed by atoms with E-state index in [9.17, 15) is 10.1 Å². The van der Waals surface area contributed by atoms with Crippen molar-refractivity contribution in [3.05, 3.63) is 82.2 Å². The molecule has 34 heavy (non-hydrogen) atoms. The molecule has 10 nitrogen and oxygen atoms in total. The summed E-state index contributed by atoms with van der Waals surface area (Å²) in [5.41, 5.74) is 1.97. The fraction of sp³-hybridized carbons (Fsp3) is 0.250. The Morgan fingerprint density at radius 3 is 2.71 bits per heavy atom. The van der Waals surface area contributed by atoms with Crippen LogP contribution in [0.4, 0.5) is 5.82 Å². The van der Waals surface area contributed by atoms with Crippen LogP contribution in [0.5, 0.6) is 17.5 Å². The minimum atomic E-state index is -0.672. The van der Waals surface area contributed by atoms with E-state index in [4.69, 9.17) is 18.7 Å². The third kappa shape index (κ3) is 4.42. The smallest absolute Gasteiger partial charge is 0.415 e. The van der Waals surface area contributed by atoms with E-state index in [1.54, 1.807) is 4.57 Å². The second-order valence-corrected chi connectivity index (χ2v) is 8.36. The predicted molar refractivity (Wildman–Crippen MR) is 121 cm³/mol. The fourth-order valence-electron chi connectivity index (χ4n) is 3.70. The van der Waals surface area contributed by atoms with Crippen LogP contribution in [0, 0.1) is 17.0 Å². The number of fused-ring (bicyclic) bond motifs is 1. The molecule has 0 N–H and O–H groups in total. The van der Waals surface area contributed by atoms with Gasteiger partial charge in [0.25, 0.3) is 0 Å². The number of hydrogen-bond acceptors (Lipinski definition) is 8. The van der Waals surface area contributed by atoms with Crippen LogP contribution < -0.4 is 14.2 Å². The number of hydrogen-bond donors (Lipinski definition) is 0. The van der Waals surface area contributed by atoms with Crippen molar-refractivity contribution in [1.82, 2.24) is 14.7 Å². The van der Waals surface area contributed by atoms with E-state index in [2.05, 4.69) is 10.1 Å². The van der Waals surface area contributed by atoms with Gasteiger partial charge in [-0.1, -0.05) is 23.4 Å². The Balaban J connectivity index is 1.16. The molecular formula is C24H22N4O6. The molecule has 2 aromatic carbocycles. The van der Waals surface area contributed by atoms with Gasteiger partial charge in [-0.05, 0) is 54.7 Å². The number of nitro groups is 1. The van der Waals surface area contributed by atoms with Gasteiger partial charge in [-0.3, -0.25) is 4.57 Å². The molecule has 0 aliphatic carbocycles. The Labute approximate surface area is 194 Å². The number of aryl methyl sites for hydroxylation is 1. The Bertz CT molecular complexity index is 1300. The van der Waals surface area contributed by atoms with E-state index in [0.717, 1.165) is 16.9 Å². The van der Waals surface area contributed by atoms with Crippen LogP contribution in [0.2, 0.25) is 0 Å². The summed E-state index contributed by atoms with van der Waals surface area (Å²) in [5, 5.41) is 15.0. The van der Waals surface area contributed by atoms with Gasteiger partial charge < -0.3 is 28.8 Å². The molecule has 0 bridgehead atoms. The molecule has 1 aliphatic heterocycles. The third-order valence-corrected chi connectivity index (χ3v) is 5.47. The lowest BCUT2D eigenvalue weighted by Crippen LogP contribution is -2.38. The van der Waals surface area contributed by atoms with Crippen molar-refractivity contribution >= 4 is 5.82 Å². The van der Waals surface area contributed by atoms with Crippen LogP contribution in [0.3, 0.4) is 0 Å². The third-order valence-electron chi connectivity index (χ3n) is 5.47. The summed E-state index contributed by atoms with van der Waals surface area (Å²) >= 11 is 0. The second kappa shape index (κ2) is 8.54. The predicted octanol–water partition coefficient (Wildman–Crippen LogP) is 4.56. The molecule has 4 aromatic rings. The van der Waals surface area contributed by atoms with Gasteiger partial charge in [-0.25, -0.2) is 0 Å². The number of rotatable bonds is 8. The summed E-state index contributed by atoms with van der Waals surface area (Å²) in [6, 6.07) is 17.3. The molecule has 0 amide bonds. The van der Waals surface area contributed by atoms with E-state index < -0.39 is 10.5 Å². The maximum Gasteiger partial charge on any atom is 0.415 e. The molecule has 1 aliphatic rings. The fourth-order valence-corrected chi connectivity index (χ4v) is 3.70. The monoisotopic (exact) mass is 462 g/mol. The quantitative estimate of drug-likeness (QED) is 0.276. The van der Waals surface area contributed by atoms with Gasteiger partial charge in [-0.15, -0.1) is 0 Å². The van der Waals surface area contributed by atoms with Crippen molar-refractivity contribution in [2.45, 2.75) is 32.6 Å². The molecule has 1 atom stereocenters. The van der Waals surface area contributed by atoms with Gasteiger partial charge in [0.1, 0.15) is 36.6 Å². The van der Waals surface area contributed by atoms with E-state index >= 15 is 0 Å². The molecular weight excluding hydrogens is 440 g/mol. The lowest BCUT2D eigenvalue weighted by molar-refractivity contribution is -0.389. The van der Waals surface area contributed by atoms with Crippen molar-refractivity contribution < 1.29 is 23.7 Å². The zero-order valence-electron chi connectivity index (χ0n) is 18.6. The average molecular weight is 462 g/mol. The van der Waals surface area contributed by atoms with Crippen LogP contribution in [0.25, 0.3) is 11.3 Å². The van der Waals surface area contributed by atoms with Crippen LogP contribution in [0.15, 0.2) is 65.3 Å². The van der Waals surface area contributed by atoms with Crippen molar-refractivity contribution in [3.8, 4) is 28.8 Å². The molecule has 0 unspecified atom stereocenters. The number of imidazole rings is 1. The minimum absolute atomic E-state index is 0.224. The first-order valence-corrected chi connectivity index (χ1v) is 10.7. The van der Waals surface area contributed by atoms with Crippen LogP contribution in [-0.4, -0.2) is 31.8 Å². The number of aromatic nitrogens is 3. The van der Waals surface area contributed by atoms with Crippen LogP contribution in [0.1, 0.15) is 18.2 Å². The highest BCUT2D eigenvalue weighted by molar-refractivity contribution is 5.59. The van der Waals surface area contributed by atoms with Gasteiger partial charge in [-0.2, -0.15) is 0 Å². The summed E-state index contributed by atoms with van der Waals surface area (Å²) in [4.78, 5) is 14.2. The SMILES string of the molecule is Cc1ccccc1OCc1cc(-c2ccc(OC[C@@]3(C)Cn4cc([N+](=O)[O-])nc4O3)cc2)no1. The molecule has 5 rings (SSSR count). The molecule has 3 heterocycles. The summed E-state index contributed by atoms with van der Waals surface area (Å²) < 4.78 is 24.5. The van der Waals surface area contributed by atoms with Crippen LogP contribution in [-0.2, 0) is 13.2 Å². The molecule has 0 radical (unpaired) electrons. The van der Waals surface area contributed by atoms with Gasteiger partial charge in [0.2, 0.25) is 0 Å². The van der Waals surface area contributed by atoms with E-state index in [1.807, 2.05) is 68.4 Å². The highest BCUT2D eigenvalue weighted by atomic mass is 16.6. The lowest BCUT2D eigenvalue weighted by atomic mass is 10.1. The normalized spacial score (nSPS) is 16.6. The Kier molecular flexibility index (Phi) is 5.40. The first-order valence-electron chi connectivity index (χ1n) is 10.7. The van der Waals surface area contributed by atoms with E-state index in [-0.39, 0.29) is 25.0 Å². The highest BCUT2D eigenvalue weighted by Crippen LogP contribution is 2.32. The lowest BCUT2D eigenvalue weighted by Gasteiger charge is -2.22. The molecule has 2 aromatic heterocycles. The number of benzene rings is 2. The first kappa shape index (κ1) is 21.5. The summed E-state index contributed by atoms with van der Waals surface area (Å²) in [6.45, 7) is 4.82. The molecule has 10 heteroatoms. The van der Waals surface area contributed by atoms with E-state index in [0.29, 0.717) is 23.7 Å². The number of ether oxygens (including phenoxy) is 3. The molecule has 0 saturated heterocycles. The minimum Gasteiger partial charge on any atom is -0.489 e. The topological polar surface area (TPSA) is 115 Å². The molecule has 0 saturated carbocycles. The molecule has 0 spiro atoms. The Hall–Kier alpha value is -4.34. The zero-order valence-corrected chi connectivity index (χ0v) is 18.6. The van der Waals surface area contributed by atoms with Crippen molar-refractivity contribution in [1.29, 1.82) is 0 Å². The Morgan fingerprint density at radius 2 is 1.97 bits per heavy atom. The largest absolute Gasteiger partial charge is 0.489 e. The summed E-state index contributed by atoms with van der Waals surface area (Å²) in [7, 11) is 0. The second-order valence-electron chi connectivity index (χ2n) is 8.36. The van der Waals surface area contributed by atoms with E-state index in [1.165, 1.54) is 6.20 Å². The van der Waals surface area contributed by atoms with Gasteiger partial charge >= 0.3 is 11.8 Å². The average Bonchev–Trinajstić information content (AvgIpc) is 3.52. The number of nitrogens with zero attached hydrogens (tertiary/aromatic N) is 4. The first-order chi connectivity index (χ1) is 16.4. The van der Waals surface area contributed by atoms with Crippen molar-refractivity contribution in [2.24, 2.45) is 0 Å². The van der Waals surface area contributed by atoms with Crippen LogP contribution >= 0.6 is 0 Å². The van der Waals surface area contributed by atoms with Gasteiger partial charge in [0.05, 0.1) is 6.54 Å². The van der Waals surface area contributed by atoms with Gasteiger partial charge in [0, 0.05) is 16.6 Å². The maximum atomic E-state index is 10.8. The summed E-state index contributed by atoms with van der Waals surface area (Å²) in [6.07, 6.45) is 1.37. The van der Waals surface area contributed by atoms with Crippen molar-refractivity contribution in [2.75, 3.05) is 6.61 Å². The van der Waals surface area contributed by atoms with Crippen molar-refractivity contribution in [3.63, 3.8) is 0 Å². The maximum absolute atomic E-state index is 10.8.